The number of ether oxygens (including phenoxy) is 1. The van der Waals surface area contributed by atoms with Crippen molar-refractivity contribution in [2.75, 3.05) is 7.11 Å². The van der Waals surface area contributed by atoms with Crippen LogP contribution in [0.2, 0.25) is 0 Å². The molecule has 0 saturated carbocycles. The Hall–Kier alpha value is -1.07. The summed E-state index contributed by atoms with van der Waals surface area (Å²) in [6.07, 6.45) is 0.837. The molecule has 1 unspecified atom stereocenters. The highest BCUT2D eigenvalue weighted by molar-refractivity contribution is 14.1. The van der Waals surface area contributed by atoms with Crippen LogP contribution in [0.4, 0.5) is 0 Å². The predicted molar refractivity (Wildman–Crippen MR) is 82.8 cm³/mol. The van der Waals surface area contributed by atoms with Gasteiger partial charge in [-0.3, -0.25) is 0 Å². The smallest absolute Gasteiger partial charge is 0.118 e. The first-order valence-electron chi connectivity index (χ1n) is 5.83. The molecule has 0 fully saturated rings. The van der Waals surface area contributed by atoms with Gasteiger partial charge in [-0.2, -0.15) is 0 Å². The van der Waals surface area contributed by atoms with Gasteiger partial charge in [-0.25, -0.2) is 0 Å². The van der Waals surface area contributed by atoms with Crippen molar-refractivity contribution in [1.29, 1.82) is 0 Å². The predicted octanol–water partition coefficient (Wildman–Crippen LogP) is 3.54. The molecule has 0 aliphatic carbocycles. The molecule has 0 spiro atoms. The Morgan fingerprint density at radius 3 is 2.39 bits per heavy atom. The van der Waals surface area contributed by atoms with E-state index in [1.165, 1.54) is 14.7 Å². The van der Waals surface area contributed by atoms with E-state index >= 15 is 0 Å². The largest absolute Gasteiger partial charge is 0.497 e. The van der Waals surface area contributed by atoms with E-state index in [0.717, 1.165) is 12.2 Å². The van der Waals surface area contributed by atoms with Crippen molar-refractivity contribution in [2.24, 2.45) is 5.73 Å². The van der Waals surface area contributed by atoms with E-state index < -0.39 is 0 Å². The molecule has 0 radical (unpaired) electrons. The zero-order valence-electron chi connectivity index (χ0n) is 10.3. The van der Waals surface area contributed by atoms with Crippen molar-refractivity contribution in [3.8, 4) is 5.75 Å². The van der Waals surface area contributed by atoms with Gasteiger partial charge < -0.3 is 10.5 Å². The molecule has 0 amide bonds. The minimum Gasteiger partial charge on any atom is -0.497 e. The van der Waals surface area contributed by atoms with Crippen LogP contribution < -0.4 is 10.5 Å². The SMILES string of the molecule is COc1ccc(CC(N)c2ccccc2I)cc1. The zero-order chi connectivity index (χ0) is 13.0. The highest BCUT2D eigenvalue weighted by Crippen LogP contribution is 2.22. The maximum absolute atomic E-state index is 6.26. The third-order valence-corrected chi connectivity index (χ3v) is 3.90. The molecule has 18 heavy (non-hydrogen) atoms. The zero-order valence-corrected chi connectivity index (χ0v) is 12.4. The van der Waals surface area contributed by atoms with Crippen LogP contribution in [0, 0.1) is 3.57 Å². The van der Waals surface area contributed by atoms with Gasteiger partial charge in [-0.1, -0.05) is 30.3 Å². The van der Waals surface area contributed by atoms with E-state index in [1.807, 2.05) is 24.3 Å². The molecular formula is C15H16INO. The monoisotopic (exact) mass is 353 g/mol. The highest BCUT2D eigenvalue weighted by Gasteiger charge is 2.09. The summed E-state index contributed by atoms with van der Waals surface area (Å²) >= 11 is 2.33. The molecule has 0 aliphatic heterocycles. The van der Waals surface area contributed by atoms with Gasteiger partial charge in [0.25, 0.3) is 0 Å². The van der Waals surface area contributed by atoms with Crippen molar-refractivity contribution in [3.05, 3.63) is 63.2 Å². The highest BCUT2D eigenvalue weighted by atomic mass is 127. The first-order chi connectivity index (χ1) is 8.70. The number of rotatable bonds is 4. The molecule has 2 N–H and O–H groups in total. The maximum atomic E-state index is 6.26. The van der Waals surface area contributed by atoms with E-state index in [2.05, 4.69) is 46.9 Å². The summed E-state index contributed by atoms with van der Waals surface area (Å²) < 4.78 is 6.36. The molecule has 2 nitrogen and oxygen atoms in total. The van der Waals surface area contributed by atoms with Gasteiger partial charge in [0.1, 0.15) is 5.75 Å². The molecule has 3 heteroatoms. The minimum atomic E-state index is 0.0338. The van der Waals surface area contributed by atoms with Gasteiger partial charge in [0.2, 0.25) is 0 Å². The van der Waals surface area contributed by atoms with E-state index in [-0.39, 0.29) is 6.04 Å². The Kier molecular flexibility index (Phi) is 4.60. The second-order valence-corrected chi connectivity index (χ2v) is 5.34. The molecule has 0 bridgehead atoms. The van der Waals surface area contributed by atoms with Gasteiger partial charge in [-0.15, -0.1) is 0 Å². The maximum Gasteiger partial charge on any atom is 0.118 e. The van der Waals surface area contributed by atoms with Gasteiger partial charge in [0.15, 0.2) is 0 Å². The van der Waals surface area contributed by atoms with Crippen molar-refractivity contribution in [1.82, 2.24) is 0 Å². The van der Waals surface area contributed by atoms with Crippen LogP contribution in [0.25, 0.3) is 0 Å². The number of halogens is 1. The van der Waals surface area contributed by atoms with Gasteiger partial charge in [-0.05, 0) is 58.3 Å². The lowest BCUT2D eigenvalue weighted by molar-refractivity contribution is 0.414. The van der Waals surface area contributed by atoms with Crippen LogP contribution in [0.5, 0.6) is 5.75 Å². The van der Waals surface area contributed by atoms with Crippen LogP contribution >= 0.6 is 22.6 Å². The van der Waals surface area contributed by atoms with Crippen LogP contribution in [-0.4, -0.2) is 7.11 Å². The number of benzene rings is 2. The summed E-state index contributed by atoms with van der Waals surface area (Å²) in [4.78, 5) is 0. The Morgan fingerprint density at radius 1 is 1.11 bits per heavy atom. The van der Waals surface area contributed by atoms with Gasteiger partial charge >= 0.3 is 0 Å². The lowest BCUT2D eigenvalue weighted by Crippen LogP contribution is -2.14. The fraction of sp³-hybridized carbons (Fsp3) is 0.200. The van der Waals surface area contributed by atoms with Gasteiger partial charge in [0, 0.05) is 9.61 Å². The Bertz CT molecular complexity index is 510. The Labute approximate surface area is 121 Å². The second kappa shape index (κ2) is 6.20. The number of methoxy groups -OCH3 is 1. The van der Waals surface area contributed by atoms with Crippen molar-refractivity contribution in [2.45, 2.75) is 12.5 Å². The summed E-state index contributed by atoms with van der Waals surface area (Å²) in [5.74, 6) is 0.876. The summed E-state index contributed by atoms with van der Waals surface area (Å²) in [5, 5.41) is 0. The average molecular weight is 353 g/mol. The number of nitrogens with two attached hydrogens (primary N) is 1. The van der Waals surface area contributed by atoms with E-state index in [9.17, 15) is 0 Å². The third-order valence-electron chi connectivity index (χ3n) is 2.92. The molecule has 0 aromatic heterocycles. The third kappa shape index (κ3) is 3.23. The summed E-state index contributed by atoms with van der Waals surface area (Å²) in [6.45, 7) is 0. The average Bonchev–Trinajstić information content (AvgIpc) is 2.40. The van der Waals surface area contributed by atoms with Crippen molar-refractivity contribution >= 4 is 22.6 Å². The molecule has 0 saturated heterocycles. The fourth-order valence-electron chi connectivity index (χ4n) is 1.90. The topological polar surface area (TPSA) is 35.2 Å². The normalized spacial score (nSPS) is 12.2. The summed E-state index contributed by atoms with van der Waals surface area (Å²) in [5.41, 5.74) is 8.69. The summed E-state index contributed by atoms with van der Waals surface area (Å²) in [7, 11) is 1.67. The molecule has 0 heterocycles. The lowest BCUT2D eigenvalue weighted by Gasteiger charge is -2.14. The molecule has 1 atom stereocenters. The van der Waals surface area contributed by atoms with Crippen molar-refractivity contribution in [3.63, 3.8) is 0 Å². The van der Waals surface area contributed by atoms with Crippen LogP contribution in [0.1, 0.15) is 17.2 Å². The second-order valence-electron chi connectivity index (χ2n) is 4.18. The van der Waals surface area contributed by atoms with Crippen LogP contribution in [-0.2, 0) is 6.42 Å². The van der Waals surface area contributed by atoms with Crippen LogP contribution in [0.3, 0.4) is 0 Å². The molecule has 2 rings (SSSR count). The van der Waals surface area contributed by atoms with E-state index in [4.69, 9.17) is 10.5 Å². The summed E-state index contributed by atoms with van der Waals surface area (Å²) in [6, 6.07) is 16.3. The Morgan fingerprint density at radius 2 is 1.78 bits per heavy atom. The first-order valence-corrected chi connectivity index (χ1v) is 6.91. The van der Waals surface area contributed by atoms with Gasteiger partial charge in [0.05, 0.1) is 7.11 Å². The number of hydrogen-bond acceptors (Lipinski definition) is 2. The number of hydrogen-bond donors (Lipinski definition) is 1. The molecule has 2 aromatic carbocycles. The molecule has 2 aromatic rings. The minimum absolute atomic E-state index is 0.0338. The molecular weight excluding hydrogens is 337 g/mol. The quantitative estimate of drug-likeness (QED) is 0.854. The standard InChI is InChI=1S/C15H16INO/c1-18-12-8-6-11(7-9-12)10-15(17)13-4-2-3-5-14(13)16/h2-9,15H,10,17H2,1H3. The van der Waals surface area contributed by atoms with Crippen molar-refractivity contribution < 1.29 is 4.74 Å². The Balaban J connectivity index is 2.11. The lowest BCUT2D eigenvalue weighted by atomic mass is 10.00. The van der Waals surface area contributed by atoms with Crippen LogP contribution in [0.15, 0.2) is 48.5 Å². The first kappa shape index (κ1) is 13.4. The molecule has 0 aliphatic rings. The van der Waals surface area contributed by atoms with E-state index in [0.29, 0.717) is 0 Å². The fourth-order valence-corrected chi connectivity index (χ4v) is 2.69. The van der Waals surface area contributed by atoms with E-state index in [1.54, 1.807) is 7.11 Å². The molecule has 94 valence electrons.